The molecule has 0 spiro atoms. The molecular formula is C13H19N3O2. The van der Waals surface area contributed by atoms with Gasteiger partial charge in [-0.05, 0) is 25.6 Å². The molecule has 5 nitrogen and oxygen atoms in total. The van der Waals surface area contributed by atoms with Crippen molar-refractivity contribution < 1.29 is 9.53 Å². The van der Waals surface area contributed by atoms with Crippen molar-refractivity contribution in [1.29, 1.82) is 0 Å². The second-order valence-corrected chi connectivity index (χ2v) is 4.49. The predicted molar refractivity (Wildman–Crippen MR) is 68.5 cm³/mol. The normalized spacial score (nSPS) is 19.9. The van der Waals surface area contributed by atoms with E-state index in [2.05, 4.69) is 10.3 Å². The number of morpholine rings is 1. The lowest BCUT2D eigenvalue weighted by Gasteiger charge is -2.33. The fraction of sp³-hybridized carbons (Fsp3) is 0.538. The standard InChI is InChI=1S/C13H19N3O2/c1-10-7-15-4-3-12(10)13(17)16-5-6-18-11(9-16)8-14-2/h3-4,7,11,14H,5-6,8-9H2,1-2H3. The predicted octanol–water partition coefficient (Wildman–Crippen LogP) is 0.450. The van der Waals surface area contributed by atoms with Gasteiger partial charge in [0.1, 0.15) is 0 Å². The zero-order chi connectivity index (χ0) is 13.0. The molecule has 0 saturated carbocycles. The van der Waals surface area contributed by atoms with Gasteiger partial charge in [0.05, 0.1) is 12.7 Å². The molecule has 1 unspecified atom stereocenters. The topological polar surface area (TPSA) is 54.5 Å². The highest BCUT2D eigenvalue weighted by atomic mass is 16.5. The molecule has 5 heteroatoms. The van der Waals surface area contributed by atoms with E-state index in [1.54, 1.807) is 18.5 Å². The fourth-order valence-electron chi connectivity index (χ4n) is 2.14. The molecule has 0 aliphatic carbocycles. The minimum atomic E-state index is 0.0688. The molecule has 98 valence electrons. The summed E-state index contributed by atoms with van der Waals surface area (Å²) in [5.41, 5.74) is 1.65. The largest absolute Gasteiger partial charge is 0.373 e. The third-order valence-electron chi connectivity index (χ3n) is 3.11. The van der Waals surface area contributed by atoms with Crippen molar-refractivity contribution in [3.8, 4) is 0 Å². The van der Waals surface area contributed by atoms with Crippen LogP contribution in [0.2, 0.25) is 0 Å². The number of aromatic nitrogens is 1. The molecule has 0 bridgehead atoms. The Hall–Kier alpha value is -1.46. The summed E-state index contributed by atoms with van der Waals surface area (Å²) >= 11 is 0. The van der Waals surface area contributed by atoms with E-state index >= 15 is 0 Å². The number of ether oxygens (including phenoxy) is 1. The van der Waals surface area contributed by atoms with Crippen LogP contribution in [0.3, 0.4) is 0 Å². The number of hydrogen-bond donors (Lipinski definition) is 1. The second-order valence-electron chi connectivity index (χ2n) is 4.49. The molecule has 1 fully saturated rings. The third-order valence-corrected chi connectivity index (χ3v) is 3.11. The number of carbonyl (C=O) groups excluding carboxylic acids is 1. The van der Waals surface area contributed by atoms with Crippen LogP contribution < -0.4 is 5.32 Å². The van der Waals surface area contributed by atoms with Gasteiger partial charge in [-0.3, -0.25) is 9.78 Å². The lowest BCUT2D eigenvalue weighted by Crippen LogP contribution is -2.48. The summed E-state index contributed by atoms with van der Waals surface area (Å²) in [6, 6.07) is 1.78. The average molecular weight is 249 g/mol. The Labute approximate surface area is 107 Å². The molecule has 0 aromatic carbocycles. The molecule has 2 rings (SSSR count). The van der Waals surface area contributed by atoms with Crippen LogP contribution in [0, 0.1) is 6.92 Å². The summed E-state index contributed by atoms with van der Waals surface area (Å²) in [4.78, 5) is 18.3. The molecule has 1 saturated heterocycles. The molecule has 1 aromatic rings. The maximum absolute atomic E-state index is 12.4. The van der Waals surface area contributed by atoms with Gasteiger partial charge in [0, 0.05) is 37.6 Å². The minimum Gasteiger partial charge on any atom is -0.373 e. The SMILES string of the molecule is CNCC1CN(C(=O)c2ccncc2C)CCO1. The molecule has 1 atom stereocenters. The molecule has 1 aliphatic heterocycles. The van der Waals surface area contributed by atoms with Gasteiger partial charge >= 0.3 is 0 Å². The maximum atomic E-state index is 12.4. The number of nitrogens with zero attached hydrogens (tertiary/aromatic N) is 2. The van der Waals surface area contributed by atoms with E-state index in [9.17, 15) is 4.79 Å². The van der Waals surface area contributed by atoms with Crippen LogP contribution in [0.15, 0.2) is 18.5 Å². The van der Waals surface area contributed by atoms with E-state index in [1.165, 1.54) is 0 Å². The van der Waals surface area contributed by atoms with E-state index in [0.717, 1.165) is 17.7 Å². The van der Waals surface area contributed by atoms with Gasteiger partial charge in [-0.1, -0.05) is 0 Å². The van der Waals surface area contributed by atoms with Gasteiger partial charge in [0.15, 0.2) is 0 Å². The smallest absolute Gasteiger partial charge is 0.254 e. The minimum absolute atomic E-state index is 0.0688. The number of rotatable bonds is 3. The van der Waals surface area contributed by atoms with Gasteiger partial charge in [-0.15, -0.1) is 0 Å². The number of aryl methyl sites for hydroxylation is 1. The number of amides is 1. The molecular weight excluding hydrogens is 230 g/mol. The van der Waals surface area contributed by atoms with Crippen LogP contribution in [-0.2, 0) is 4.74 Å². The van der Waals surface area contributed by atoms with Crippen molar-refractivity contribution in [2.45, 2.75) is 13.0 Å². The maximum Gasteiger partial charge on any atom is 0.254 e. The van der Waals surface area contributed by atoms with Gasteiger partial charge in [0.2, 0.25) is 0 Å². The van der Waals surface area contributed by atoms with Crippen molar-refractivity contribution in [3.63, 3.8) is 0 Å². The Morgan fingerprint density at radius 1 is 1.67 bits per heavy atom. The second kappa shape index (κ2) is 5.93. The Kier molecular flexibility index (Phi) is 4.28. The quantitative estimate of drug-likeness (QED) is 0.845. The summed E-state index contributed by atoms with van der Waals surface area (Å²) < 4.78 is 5.60. The van der Waals surface area contributed by atoms with Crippen molar-refractivity contribution in [3.05, 3.63) is 29.6 Å². The van der Waals surface area contributed by atoms with Crippen molar-refractivity contribution in [2.75, 3.05) is 33.3 Å². The Bertz CT molecular complexity index is 420. The first-order valence-electron chi connectivity index (χ1n) is 6.18. The van der Waals surface area contributed by atoms with Crippen LogP contribution in [-0.4, -0.2) is 55.2 Å². The van der Waals surface area contributed by atoms with Gasteiger partial charge in [0.25, 0.3) is 5.91 Å². The van der Waals surface area contributed by atoms with Gasteiger partial charge < -0.3 is 15.0 Å². The summed E-state index contributed by atoms with van der Waals surface area (Å²) in [7, 11) is 1.89. The van der Waals surface area contributed by atoms with Crippen LogP contribution in [0.5, 0.6) is 0 Å². The first kappa shape index (κ1) is 13.0. The van der Waals surface area contributed by atoms with E-state index in [0.29, 0.717) is 19.7 Å². The van der Waals surface area contributed by atoms with E-state index in [1.807, 2.05) is 18.9 Å². The first-order chi connectivity index (χ1) is 8.72. The number of hydrogen-bond acceptors (Lipinski definition) is 4. The highest BCUT2D eigenvalue weighted by molar-refractivity contribution is 5.95. The summed E-state index contributed by atoms with van der Waals surface area (Å²) in [6.45, 7) is 4.56. The van der Waals surface area contributed by atoms with Gasteiger partial charge in [-0.2, -0.15) is 0 Å². The average Bonchev–Trinajstić information content (AvgIpc) is 2.39. The number of likely N-dealkylation sites (N-methyl/N-ethyl adjacent to an activating group) is 1. The lowest BCUT2D eigenvalue weighted by molar-refractivity contribution is -0.0196. The third kappa shape index (κ3) is 2.86. The summed E-state index contributed by atoms with van der Waals surface area (Å²) in [5, 5.41) is 3.08. The van der Waals surface area contributed by atoms with E-state index in [4.69, 9.17) is 4.74 Å². The molecule has 1 N–H and O–H groups in total. The fourth-order valence-corrected chi connectivity index (χ4v) is 2.14. The molecule has 1 amide bonds. The Morgan fingerprint density at radius 2 is 2.50 bits per heavy atom. The number of pyridine rings is 1. The van der Waals surface area contributed by atoms with Crippen molar-refractivity contribution in [2.24, 2.45) is 0 Å². The molecule has 1 aromatic heterocycles. The monoisotopic (exact) mass is 249 g/mol. The molecule has 2 heterocycles. The van der Waals surface area contributed by atoms with E-state index in [-0.39, 0.29) is 12.0 Å². The van der Waals surface area contributed by atoms with Gasteiger partial charge in [-0.25, -0.2) is 0 Å². The number of nitrogens with one attached hydrogen (secondary N) is 1. The highest BCUT2D eigenvalue weighted by Crippen LogP contribution is 2.12. The Morgan fingerprint density at radius 3 is 3.22 bits per heavy atom. The molecule has 1 aliphatic rings. The van der Waals surface area contributed by atoms with Crippen molar-refractivity contribution >= 4 is 5.91 Å². The first-order valence-corrected chi connectivity index (χ1v) is 6.18. The van der Waals surface area contributed by atoms with E-state index < -0.39 is 0 Å². The lowest BCUT2D eigenvalue weighted by atomic mass is 10.1. The van der Waals surface area contributed by atoms with Crippen LogP contribution in [0.4, 0.5) is 0 Å². The summed E-state index contributed by atoms with van der Waals surface area (Å²) in [6.07, 6.45) is 3.46. The highest BCUT2D eigenvalue weighted by Gasteiger charge is 2.25. The van der Waals surface area contributed by atoms with Crippen LogP contribution in [0.25, 0.3) is 0 Å². The van der Waals surface area contributed by atoms with Crippen LogP contribution in [0.1, 0.15) is 15.9 Å². The number of carbonyl (C=O) groups is 1. The van der Waals surface area contributed by atoms with Crippen LogP contribution >= 0.6 is 0 Å². The molecule has 18 heavy (non-hydrogen) atoms. The Balaban J connectivity index is 2.07. The zero-order valence-corrected chi connectivity index (χ0v) is 10.8. The van der Waals surface area contributed by atoms with Crippen molar-refractivity contribution in [1.82, 2.24) is 15.2 Å². The molecule has 0 radical (unpaired) electrons. The zero-order valence-electron chi connectivity index (χ0n) is 10.8. The summed E-state index contributed by atoms with van der Waals surface area (Å²) in [5.74, 6) is 0.0688.